The second kappa shape index (κ2) is 6.09. The quantitative estimate of drug-likeness (QED) is 0.820. The van der Waals surface area contributed by atoms with E-state index in [2.05, 4.69) is 16.4 Å². The van der Waals surface area contributed by atoms with Crippen molar-refractivity contribution in [2.24, 2.45) is 0 Å². The summed E-state index contributed by atoms with van der Waals surface area (Å²) in [5.74, 6) is 0.688. The molecular formula is C12H17N3O. The van der Waals surface area contributed by atoms with Gasteiger partial charge in [0.1, 0.15) is 11.8 Å². The minimum atomic E-state index is -0.403. The number of hydrogen-bond acceptors (Lipinski definition) is 4. The SMILES string of the molecule is CCC(C#N)Oc1ccc(C)nc1CNC. The molecule has 0 fully saturated rings. The summed E-state index contributed by atoms with van der Waals surface area (Å²) in [5.41, 5.74) is 1.79. The summed E-state index contributed by atoms with van der Waals surface area (Å²) in [6, 6.07) is 5.87. The number of aromatic nitrogens is 1. The Morgan fingerprint density at radius 1 is 1.56 bits per heavy atom. The molecule has 1 atom stereocenters. The monoisotopic (exact) mass is 219 g/mol. The zero-order chi connectivity index (χ0) is 12.0. The van der Waals surface area contributed by atoms with Gasteiger partial charge in [0.15, 0.2) is 6.10 Å². The first-order chi connectivity index (χ1) is 7.71. The molecule has 1 aromatic heterocycles. The van der Waals surface area contributed by atoms with E-state index in [9.17, 15) is 0 Å². The van der Waals surface area contributed by atoms with Crippen LogP contribution in [-0.2, 0) is 6.54 Å². The number of pyridine rings is 1. The van der Waals surface area contributed by atoms with Crippen molar-refractivity contribution in [3.63, 3.8) is 0 Å². The summed E-state index contributed by atoms with van der Waals surface area (Å²) in [6.45, 7) is 4.50. The molecule has 0 radical (unpaired) electrons. The second-order valence-electron chi connectivity index (χ2n) is 3.57. The Bertz CT molecular complexity index is 384. The minimum absolute atomic E-state index is 0.403. The van der Waals surface area contributed by atoms with Crippen LogP contribution >= 0.6 is 0 Å². The third-order valence-electron chi connectivity index (χ3n) is 2.20. The molecule has 0 aliphatic carbocycles. The average molecular weight is 219 g/mol. The zero-order valence-corrected chi connectivity index (χ0v) is 9.95. The summed E-state index contributed by atoms with van der Waals surface area (Å²) >= 11 is 0. The Morgan fingerprint density at radius 2 is 2.31 bits per heavy atom. The largest absolute Gasteiger partial charge is 0.474 e. The molecule has 1 aromatic rings. The number of hydrogen-bond donors (Lipinski definition) is 1. The van der Waals surface area contributed by atoms with Crippen LogP contribution in [0.25, 0.3) is 0 Å². The Kier molecular flexibility index (Phi) is 4.74. The maximum absolute atomic E-state index is 8.85. The molecule has 0 aliphatic rings. The van der Waals surface area contributed by atoms with Gasteiger partial charge in [-0.2, -0.15) is 5.26 Å². The smallest absolute Gasteiger partial charge is 0.184 e. The molecule has 1 unspecified atom stereocenters. The molecule has 0 aromatic carbocycles. The van der Waals surface area contributed by atoms with Crippen molar-refractivity contribution in [1.29, 1.82) is 5.26 Å². The third kappa shape index (κ3) is 3.21. The molecule has 0 aliphatic heterocycles. The Labute approximate surface area is 96.3 Å². The molecule has 4 heteroatoms. The van der Waals surface area contributed by atoms with E-state index < -0.39 is 6.10 Å². The molecule has 0 bridgehead atoms. The first kappa shape index (κ1) is 12.5. The van der Waals surface area contributed by atoms with Gasteiger partial charge in [0.2, 0.25) is 0 Å². The van der Waals surface area contributed by atoms with Gasteiger partial charge in [-0.3, -0.25) is 4.98 Å². The van der Waals surface area contributed by atoms with E-state index in [4.69, 9.17) is 10.00 Å². The van der Waals surface area contributed by atoms with Crippen molar-refractivity contribution in [2.75, 3.05) is 7.05 Å². The van der Waals surface area contributed by atoms with E-state index in [0.717, 1.165) is 11.4 Å². The van der Waals surface area contributed by atoms with Gasteiger partial charge >= 0.3 is 0 Å². The van der Waals surface area contributed by atoms with Crippen LogP contribution in [0.3, 0.4) is 0 Å². The van der Waals surface area contributed by atoms with Crippen LogP contribution in [-0.4, -0.2) is 18.1 Å². The molecule has 0 saturated carbocycles. The molecular weight excluding hydrogens is 202 g/mol. The normalized spacial score (nSPS) is 11.9. The zero-order valence-electron chi connectivity index (χ0n) is 9.95. The second-order valence-corrected chi connectivity index (χ2v) is 3.57. The highest BCUT2D eigenvalue weighted by atomic mass is 16.5. The summed E-state index contributed by atoms with van der Waals surface area (Å²) in [4.78, 5) is 4.39. The number of ether oxygens (including phenoxy) is 1. The first-order valence-corrected chi connectivity index (χ1v) is 5.38. The molecule has 0 amide bonds. The molecule has 86 valence electrons. The van der Waals surface area contributed by atoms with E-state index in [1.807, 2.05) is 33.0 Å². The van der Waals surface area contributed by atoms with E-state index in [-0.39, 0.29) is 0 Å². The van der Waals surface area contributed by atoms with Gasteiger partial charge in [0.25, 0.3) is 0 Å². The number of nitrogens with one attached hydrogen (secondary N) is 1. The van der Waals surface area contributed by atoms with Crippen molar-refractivity contribution in [1.82, 2.24) is 10.3 Å². The fourth-order valence-corrected chi connectivity index (χ4v) is 1.35. The van der Waals surface area contributed by atoms with Crippen molar-refractivity contribution in [3.05, 3.63) is 23.5 Å². The van der Waals surface area contributed by atoms with Crippen molar-refractivity contribution >= 4 is 0 Å². The van der Waals surface area contributed by atoms with E-state index >= 15 is 0 Å². The molecule has 0 spiro atoms. The summed E-state index contributed by atoms with van der Waals surface area (Å²) in [7, 11) is 1.86. The van der Waals surface area contributed by atoms with Gasteiger partial charge in [-0.15, -0.1) is 0 Å². The maximum Gasteiger partial charge on any atom is 0.184 e. The van der Waals surface area contributed by atoms with E-state index in [1.165, 1.54) is 0 Å². The van der Waals surface area contributed by atoms with Gasteiger partial charge in [-0.05, 0) is 32.5 Å². The molecule has 16 heavy (non-hydrogen) atoms. The number of rotatable bonds is 5. The van der Waals surface area contributed by atoms with Crippen LogP contribution in [0.1, 0.15) is 24.7 Å². The van der Waals surface area contributed by atoms with E-state index in [1.54, 1.807) is 0 Å². The highest BCUT2D eigenvalue weighted by Gasteiger charge is 2.10. The predicted octanol–water partition coefficient (Wildman–Crippen LogP) is 1.79. The molecule has 4 nitrogen and oxygen atoms in total. The Balaban J connectivity index is 2.90. The van der Waals surface area contributed by atoms with Gasteiger partial charge in [0, 0.05) is 12.2 Å². The lowest BCUT2D eigenvalue weighted by atomic mass is 10.2. The van der Waals surface area contributed by atoms with Crippen LogP contribution in [0.15, 0.2) is 12.1 Å². The minimum Gasteiger partial charge on any atom is -0.474 e. The Morgan fingerprint density at radius 3 is 2.88 bits per heavy atom. The number of nitriles is 1. The van der Waals surface area contributed by atoms with Gasteiger partial charge in [-0.25, -0.2) is 0 Å². The lowest BCUT2D eigenvalue weighted by Gasteiger charge is -2.14. The van der Waals surface area contributed by atoms with Gasteiger partial charge < -0.3 is 10.1 Å². The lowest BCUT2D eigenvalue weighted by Crippen LogP contribution is -2.16. The summed E-state index contributed by atoms with van der Waals surface area (Å²) < 4.78 is 5.59. The van der Waals surface area contributed by atoms with E-state index in [0.29, 0.717) is 18.7 Å². The summed E-state index contributed by atoms with van der Waals surface area (Å²) in [5, 5.41) is 11.9. The fourth-order valence-electron chi connectivity index (χ4n) is 1.35. The number of nitrogens with zero attached hydrogens (tertiary/aromatic N) is 2. The fraction of sp³-hybridized carbons (Fsp3) is 0.500. The van der Waals surface area contributed by atoms with Crippen LogP contribution in [0, 0.1) is 18.3 Å². The average Bonchev–Trinajstić information content (AvgIpc) is 2.29. The third-order valence-corrected chi connectivity index (χ3v) is 2.20. The predicted molar refractivity (Wildman–Crippen MR) is 62.1 cm³/mol. The van der Waals surface area contributed by atoms with Crippen LogP contribution in [0.4, 0.5) is 0 Å². The highest BCUT2D eigenvalue weighted by molar-refractivity contribution is 5.29. The lowest BCUT2D eigenvalue weighted by molar-refractivity contribution is 0.247. The highest BCUT2D eigenvalue weighted by Crippen LogP contribution is 2.18. The van der Waals surface area contributed by atoms with Crippen molar-refractivity contribution < 1.29 is 4.74 Å². The number of aryl methyl sites for hydroxylation is 1. The van der Waals surface area contributed by atoms with Gasteiger partial charge in [-0.1, -0.05) is 6.92 Å². The summed E-state index contributed by atoms with van der Waals surface area (Å²) in [6.07, 6.45) is 0.267. The molecule has 0 saturated heterocycles. The van der Waals surface area contributed by atoms with Crippen molar-refractivity contribution in [2.45, 2.75) is 32.9 Å². The molecule has 1 N–H and O–H groups in total. The Hall–Kier alpha value is -1.60. The molecule has 1 rings (SSSR count). The first-order valence-electron chi connectivity index (χ1n) is 5.38. The van der Waals surface area contributed by atoms with Crippen molar-refractivity contribution in [3.8, 4) is 11.8 Å². The topological polar surface area (TPSA) is 57.9 Å². The standard InChI is InChI=1S/C12H17N3O/c1-4-10(7-13)16-12-6-5-9(2)15-11(12)8-14-3/h5-6,10,14H,4,8H2,1-3H3. The van der Waals surface area contributed by atoms with Gasteiger partial charge in [0.05, 0.1) is 5.69 Å². The maximum atomic E-state index is 8.85. The molecule has 1 heterocycles. The van der Waals surface area contributed by atoms with Crippen LogP contribution in [0.2, 0.25) is 0 Å². The van der Waals surface area contributed by atoms with Crippen LogP contribution in [0.5, 0.6) is 5.75 Å². The van der Waals surface area contributed by atoms with Crippen LogP contribution < -0.4 is 10.1 Å².